The van der Waals surface area contributed by atoms with Gasteiger partial charge in [-0.15, -0.1) is 0 Å². The summed E-state index contributed by atoms with van der Waals surface area (Å²) >= 11 is 0. The highest BCUT2D eigenvalue weighted by Crippen LogP contribution is 2.35. The fraction of sp³-hybridized carbons (Fsp3) is 0.618. The van der Waals surface area contributed by atoms with Crippen molar-refractivity contribution in [3.05, 3.63) is 17.7 Å². The van der Waals surface area contributed by atoms with E-state index in [1.807, 2.05) is 0 Å². The predicted octanol–water partition coefficient (Wildman–Crippen LogP) is -0.552. The number of hydrogen-bond acceptors (Lipinski definition) is 21. The zero-order valence-electron chi connectivity index (χ0n) is 32.0. The number of nitrogens with zero attached hydrogens (tertiary/aromatic N) is 1. The molecule has 2 aliphatic rings. The molecule has 22 heteroatoms. The summed E-state index contributed by atoms with van der Waals surface area (Å²) in [6.45, 7) is 5.95. The Morgan fingerprint density at radius 3 is 1.52 bits per heavy atom. The quantitative estimate of drug-likeness (QED) is 0.172. The molecule has 0 spiro atoms. The molecule has 10 atom stereocenters. The lowest BCUT2D eigenvalue weighted by atomic mass is 9.95. The molecule has 0 aliphatic carbocycles. The average Bonchev–Trinajstić information content (AvgIpc) is 3.10. The van der Waals surface area contributed by atoms with Crippen molar-refractivity contribution in [2.45, 2.75) is 110 Å². The molecule has 56 heavy (non-hydrogen) atoms. The number of ether oxygens (including phenoxy) is 12. The Hall–Kier alpha value is -5.61. The summed E-state index contributed by atoms with van der Waals surface area (Å²) < 4.78 is 66.6. The summed E-state index contributed by atoms with van der Waals surface area (Å²) in [5.41, 5.74) is -0.130. The minimum absolute atomic E-state index is 0.115. The molecule has 2 aliphatic heterocycles. The van der Waals surface area contributed by atoms with Crippen LogP contribution >= 0.6 is 0 Å². The molecule has 0 aromatic carbocycles. The second-order valence-corrected chi connectivity index (χ2v) is 12.1. The minimum atomic E-state index is -1.87. The molecule has 1 amide bonds. The number of aromatic nitrogens is 1. The summed E-state index contributed by atoms with van der Waals surface area (Å²) in [7, 11) is 2.60. The third kappa shape index (κ3) is 12.5. The SMILES string of the molecule is COc1ccc(C(=O)N[C@@H]2O[C@H](COC(C)=O)[C@@H](O[C@@H]3O[C@H](COC(C)=O)[C@@H](OC(C)=O)[C@H](OC(C)=O)[C@H]3OC(C)=O)[C@H](OC(C)=O)[C@H]2OC(C)=O)c(OC)n1. The maximum absolute atomic E-state index is 13.6. The van der Waals surface area contributed by atoms with Crippen LogP contribution in [0.3, 0.4) is 0 Å². The number of carbonyl (C=O) groups is 8. The van der Waals surface area contributed by atoms with E-state index < -0.39 is 122 Å². The summed E-state index contributed by atoms with van der Waals surface area (Å²) in [6.07, 6.45) is -16.7. The van der Waals surface area contributed by atoms with Gasteiger partial charge in [0.05, 0.1) is 14.2 Å². The van der Waals surface area contributed by atoms with Crippen molar-refractivity contribution < 1.29 is 95.2 Å². The Balaban J connectivity index is 2.18. The predicted molar refractivity (Wildman–Crippen MR) is 178 cm³/mol. The Labute approximate surface area is 319 Å². The van der Waals surface area contributed by atoms with Crippen molar-refractivity contribution in [1.29, 1.82) is 0 Å². The monoisotopic (exact) mass is 800 g/mol. The normalized spacial score (nSPS) is 26.9. The molecule has 2 fully saturated rings. The molecule has 22 nitrogen and oxygen atoms in total. The molecule has 0 saturated carbocycles. The molecule has 0 radical (unpaired) electrons. The van der Waals surface area contributed by atoms with E-state index in [9.17, 15) is 38.4 Å². The number of rotatable bonds is 15. The molecule has 1 aromatic heterocycles. The third-order valence-electron chi connectivity index (χ3n) is 7.68. The van der Waals surface area contributed by atoms with Crippen molar-refractivity contribution in [3.8, 4) is 11.8 Å². The Bertz CT molecular complexity index is 1630. The highest BCUT2D eigenvalue weighted by molar-refractivity contribution is 5.96. The van der Waals surface area contributed by atoms with Crippen LogP contribution in [0.15, 0.2) is 12.1 Å². The van der Waals surface area contributed by atoms with Gasteiger partial charge in [-0.1, -0.05) is 0 Å². The molecular formula is C34H44N2O20. The van der Waals surface area contributed by atoms with Crippen molar-refractivity contribution in [3.63, 3.8) is 0 Å². The molecule has 2 saturated heterocycles. The number of hydrogen-bond donors (Lipinski definition) is 1. The van der Waals surface area contributed by atoms with Gasteiger partial charge in [0.25, 0.3) is 5.91 Å². The fourth-order valence-electron chi connectivity index (χ4n) is 5.70. The Morgan fingerprint density at radius 1 is 0.571 bits per heavy atom. The van der Waals surface area contributed by atoms with Gasteiger partial charge in [-0.3, -0.25) is 38.4 Å². The van der Waals surface area contributed by atoms with Gasteiger partial charge in [-0.05, 0) is 6.07 Å². The number of amides is 1. The van der Waals surface area contributed by atoms with E-state index in [0.717, 1.165) is 48.5 Å². The van der Waals surface area contributed by atoms with Gasteiger partial charge >= 0.3 is 41.8 Å². The van der Waals surface area contributed by atoms with Crippen LogP contribution in [0, 0.1) is 0 Å². The van der Waals surface area contributed by atoms with E-state index in [1.165, 1.54) is 26.4 Å². The molecule has 1 aromatic rings. The van der Waals surface area contributed by atoms with E-state index >= 15 is 0 Å². The topological polar surface area (TPSA) is 272 Å². The van der Waals surface area contributed by atoms with Gasteiger partial charge in [-0.2, -0.15) is 4.98 Å². The highest BCUT2D eigenvalue weighted by atomic mass is 16.8. The summed E-state index contributed by atoms with van der Waals surface area (Å²) in [6, 6.07) is 2.69. The van der Waals surface area contributed by atoms with Crippen LogP contribution in [0.5, 0.6) is 11.8 Å². The van der Waals surface area contributed by atoms with E-state index in [4.69, 9.17) is 56.8 Å². The summed E-state index contributed by atoms with van der Waals surface area (Å²) in [4.78, 5) is 104. The zero-order chi connectivity index (χ0) is 41.9. The first-order chi connectivity index (χ1) is 26.3. The largest absolute Gasteiger partial charge is 0.481 e. The molecule has 0 bridgehead atoms. The number of carbonyl (C=O) groups excluding carboxylic acids is 8. The second kappa shape index (κ2) is 20.3. The van der Waals surface area contributed by atoms with Gasteiger partial charge in [-0.25, -0.2) is 0 Å². The van der Waals surface area contributed by atoms with Gasteiger partial charge in [0.15, 0.2) is 43.0 Å². The summed E-state index contributed by atoms with van der Waals surface area (Å²) in [5, 5.41) is 2.53. The second-order valence-electron chi connectivity index (χ2n) is 12.1. The van der Waals surface area contributed by atoms with E-state index in [1.54, 1.807) is 0 Å². The van der Waals surface area contributed by atoms with Crippen molar-refractivity contribution in [2.75, 3.05) is 27.4 Å². The number of methoxy groups -OCH3 is 2. The van der Waals surface area contributed by atoms with Crippen LogP contribution < -0.4 is 14.8 Å². The molecular weight excluding hydrogens is 756 g/mol. The Morgan fingerprint density at radius 2 is 1.04 bits per heavy atom. The first-order valence-corrected chi connectivity index (χ1v) is 16.8. The molecule has 0 unspecified atom stereocenters. The number of pyridine rings is 1. The lowest BCUT2D eigenvalue weighted by Gasteiger charge is -2.48. The minimum Gasteiger partial charge on any atom is -0.481 e. The van der Waals surface area contributed by atoms with E-state index in [0.29, 0.717) is 0 Å². The van der Waals surface area contributed by atoms with Crippen LogP contribution in [0.25, 0.3) is 0 Å². The van der Waals surface area contributed by atoms with Crippen molar-refractivity contribution in [1.82, 2.24) is 10.3 Å². The molecule has 1 N–H and O–H groups in total. The molecule has 310 valence electrons. The lowest BCUT2D eigenvalue weighted by molar-refractivity contribution is -0.345. The van der Waals surface area contributed by atoms with Gasteiger partial charge < -0.3 is 62.2 Å². The van der Waals surface area contributed by atoms with Crippen LogP contribution in [0.1, 0.15) is 58.8 Å². The first-order valence-electron chi connectivity index (χ1n) is 16.8. The maximum atomic E-state index is 13.6. The van der Waals surface area contributed by atoms with Crippen molar-refractivity contribution in [2.24, 2.45) is 0 Å². The van der Waals surface area contributed by atoms with Crippen LogP contribution in [-0.2, 0) is 80.9 Å². The first kappa shape index (κ1) is 44.8. The smallest absolute Gasteiger partial charge is 0.303 e. The lowest BCUT2D eigenvalue weighted by Crippen LogP contribution is -2.68. The average molecular weight is 801 g/mol. The van der Waals surface area contributed by atoms with Gasteiger partial charge in [0.2, 0.25) is 11.8 Å². The number of esters is 7. The van der Waals surface area contributed by atoms with E-state index in [-0.39, 0.29) is 17.3 Å². The Kier molecular flexibility index (Phi) is 16.3. The highest BCUT2D eigenvalue weighted by Gasteiger charge is 2.57. The number of nitrogens with one attached hydrogen (secondary N) is 1. The van der Waals surface area contributed by atoms with Crippen LogP contribution in [0.2, 0.25) is 0 Å². The standard InChI is InChI=1S/C34H44N2O20/c1-14(37)47-12-22-26(56-34-30(53-20(7)43)28(51-18(5)41)25(49-16(3)39)23(55-34)13-48-15(2)38)27(50-17(4)40)29(52-19(6)42)33(54-22)36-31(44)21-10-11-24(45-8)35-32(21)46-9/h10-11,22-23,25-30,33-34H,12-13H2,1-9H3,(H,36,44)/t22-,23-,25-,26-,27+,28+,29-,30-,33-,34+/m1/s1. The zero-order valence-corrected chi connectivity index (χ0v) is 32.0. The van der Waals surface area contributed by atoms with Crippen LogP contribution in [0.4, 0.5) is 0 Å². The summed E-state index contributed by atoms with van der Waals surface area (Å²) in [5.74, 6) is -7.20. The van der Waals surface area contributed by atoms with Gasteiger partial charge in [0.1, 0.15) is 37.1 Å². The molecule has 3 heterocycles. The van der Waals surface area contributed by atoms with Crippen LogP contribution in [-0.4, -0.2) is 141 Å². The maximum Gasteiger partial charge on any atom is 0.303 e. The van der Waals surface area contributed by atoms with Crippen molar-refractivity contribution >= 4 is 47.7 Å². The van der Waals surface area contributed by atoms with E-state index in [2.05, 4.69) is 10.3 Å². The fourth-order valence-corrected chi connectivity index (χ4v) is 5.70. The third-order valence-corrected chi connectivity index (χ3v) is 7.68. The molecule has 3 rings (SSSR count). The van der Waals surface area contributed by atoms with Gasteiger partial charge in [0, 0.05) is 54.5 Å².